The molecule has 10 heteroatoms. The normalized spacial score (nSPS) is 21.1. The molecule has 6 rings (SSSR count). The lowest BCUT2D eigenvalue weighted by atomic mass is 9.84. The molecule has 3 aromatic rings. The van der Waals surface area contributed by atoms with Crippen molar-refractivity contribution in [1.82, 2.24) is 20.4 Å². The highest BCUT2D eigenvalue weighted by Gasteiger charge is 2.49. The van der Waals surface area contributed by atoms with E-state index in [1.54, 1.807) is 23.1 Å². The Morgan fingerprint density at radius 1 is 0.979 bits per heavy atom. The molecule has 0 unspecified atom stereocenters. The fourth-order valence-electron chi connectivity index (χ4n) is 7.22. The third-order valence-corrected chi connectivity index (χ3v) is 9.61. The molecule has 0 aromatic heterocycles. The minimum atomic E-state index is -0.890. The van der Waals surface area contributed by atoms with E-state index in [-0.39, 0.29) is 36.5 Å². The first kappa shape index (κ1) is 32.7. The zero-order valence-corrected chi connectivity index (χ0v) is 27.5. The van der Waals surface area contributed by atoms with E-state index in [9.17, 15) is 23.9 Å². The molecule has 3 N–H and O–H groups in total. The van der Waals surface area contributed by atoms with Gasteiger partial charge < -0.3 is 30.4 Å². The van der Waals surface area contributed by atoms with Gasteiger partial charge in [-0.2, -0.15) is 0 Å². The molecule has 2 saturated heterocycles. The van der Waals surface area contributed by atoms with Gasteiger partial charge in [-0.05, 0) is 41.7 Å². The molecule has 3 aliphatic rings. The molecule has 0 bridgehead atoms. The van der Waals surface area contributed by atoms with E-state index in [1.807, 2.05) is 70.2 Å². The Balaban J connectivity index is 1.20. The molecule has 4 atom stereocenters. The van der Waals surface area contributed by atoms with Gasteiger partial charge in [0.1, 0.15) is 17.9 Å². The summed E-state index contributed by atoms with van der Waals surface area (Å²) in [6, 6.07) is 17.5. The summed E-state index contributed by atoms with van der Waals surface area (Å²) in [5, 5.41) is 17.1. The summed E-state index contributed by atoms with van der Waals surface area (Å²) in [7, 11) is 0. The number of nitrogens with zero attached hydrogens (tertiary/aromatic N) is 3. The highest BCUT2D eigenvalue weighted by atomic mass is 19.1. The van der Waals surface area contributed by atoms with Crippen LogP contribution in [-0.4, -0.2) is 83.5 Å². The minimum Gasteiger partial charge on any atom is -0.391 e. The van der Waals surface area contributed by atoms with Crippen LogP contribution < -0.4 is 15.5 Å². The van der Waals surface area contributed by atoms with Crippen LogP contribution in [0.15, 0.2) is 66.7 Å². The van der Waals surface area contributed by atoms with E-state index in [0.29, 0.717) is 17.7 Å². The highest BCUT2D eigenvalue weighted by Crippen LogP contribution is 2.38. The molecule has 0 saturated carbocycles. The van der Waals surface area contributed by atoms with Crippen molar-refractivity contribution in [2.75, 3.05) is 37.6 Å². The maximum Gasteiger partial charge on any atom is 0.255 e. The third-order valence-electron chi connectivity index (χ3n) is 9.61. The lowest BCUT2D eigenvalue weighted by Crippen LogP contribution is -2.58. The SMILES string of the molecule is C[C@H](NC(=O)[C@@H]1C[C@@H](O)CN1C(=O)[C@@H](N1Cc2c(cccc2N2CCNCC2)C1=O)C(C)(C)C)c1ccc(-c2ccccc2F)cc1. The lowest BCUT2D eigenvalue weighted by molar-refractivity contribution is -0.145. The first-order valence-corrected chi connectivity index (χ1v) is 16.5. The Bertz CT molecular complexity index is 1650. The zero-order chi connectivity index (χ0) is 33.5. The standard InChI is InChI=1S/C37H44FN5O4/c1-23(24-12-14-25(15-13-24)27-8-5-6-10-30(27)38)40-34(45)32-20-26(44)21-42(32)36(47)33(37(2,3)4)43-22-29-28(35(43)46)9-7-11-31(29)41-18-16-39-17-19-41/h5-15,23,26,32-33,39,44H,16-22H2,1-4H3,(H,40,45)/t23-,26+,32-,33+/m0/s1. The van der Waals surface area contributed by atoms with Gasteiger partial charge in [-0.3, -0.25) is 14.4 Å². The van der Waals surface area contributed by atoms with Gasteiger partial charge in [-0.15, -0.1) is 0 Å². The number of benzene rings is 3. The van der Waals surface area contributed by atoms with Crippen molar-refractivity contribution in [1.29, 1.82) is 0 Å². The van der Waals surface area contributed by atoms with Crippen LogP contribution in [0.4, 0.5) is 10.1 Å². The van der Waals surface area contributed by atoms with Crippen molar-refractivity contribution in [2.24, 2.45) is 5.41 Å². The van der Waals surface area contributed by atoms with Gasteiger partial charge in [0.15, 0.2) is 0 Å². The van der Waals surface area contributed by atoms with Crippen molar-refractivity contribution in [3.8, 4) is 11.1 Å². The number of β-amino-alcohol motifs (C(OH)–C–C–N with tert-alkyl or cyclic N) is 1. The Kier molecular flexibility index (Phi) is 9.09. The summed E-state index contributed by atoms with van der Waals surface area (Å²) in [6.07, 6.45) is -0.759. The van der Waals surface area contributed by atoms with Crippen molar-refractivity contribution >= 4 is 23.4 Å². The number of hydrogen-bond donors (Lipinski definition) is 3. The molecule has 0 radical (unpaired) electrons. The number of carbonyl (C=O) groups is 3. The molecule has 3 aromatic carbocycles. The fraction of sp³-hybridized carbons (Fsp3) is 0.432. The topological polar surface area (TPSA) is 105 Å². The Morgan fingerprint density at radius 2 is 1.66 bits per heavy atom. The second-order valence-corrected chi connectivity index (χ2v) is 14.0. The summed E-state index contributed by atoms with van der Waals surface area (Å²) < 4.78 is 14.3. The summed E-state index contributed by atoms with van der Waals surface area (Å²) >= 11 is 0. The number of carbonyl (C=O) groups excluding carboxylic acids is 3. The van der Waals surface area contributed by atoms with Crippen LogP contribution in [0.2, 0.25) is 0 Å². The van der Waals surface area contributed by atoms with E-state index < -0.39 is 29.6 Å². The smallest absolute Gasteiger partial charge is 0.255 e. The first-order valence-electron chi connectivity index (χ1n) is 16.5. The molecular formula is C37H44FN5O4. The second-order valence-electron chi connectivity index (χ2n) is 14.0. The van der Waals surface area contributed by atoms with E-state index >= 15 is 0 Å². The van der Waals surface area contributed by atoms with Crippen LogP contribution in [-0.2, 0) is 16.1 Å². The number of halogens is 1. The van der Waals surface area contributed by atoms with Crippen LogP contribution in [0.3, 0.4) is 0 Å². The largest absolute Gasteiger partial charge is 0.391 e. The average Bonchev–Trinajstić information content (AvgIpc) is 3.61. The number of aliphatic hydroxyl groups excluding tert-OH is 1. The van der Waals surface area contributed by atoms with Crippen LogP contribution in [0.1, 0.15) is 61.6 Å². The number of fused-ring (bicyclic) bond motifs is 1. The number of amides is 3. The maximum atomic E-state index is 14.5. The van der Waals surface area contributed by atoms with E-state index in [0.717, 1.165) is 48.6 Å². The number of piperazine rings is 1. The first-order chi connectivity index (χ1) is 22.4. The zero-order valence-electron chi connectivity index (χ0n) is 27.5. The predicted molar refractivity (Wildman–Crippen MR) is 179 cm³/mol. The molecule has 9 nitrogen and oxygen atoms in total. The van der Waals surface area contributed by atoms with Gasteiger partial charge in [-0.25, -0.2) is 4.39 Å². The molecule has 3 heterocycles. The average molecular weight is 642 g/mol. The molecule has 3 amide bonds. The van der Waals surface area contributed by atoms with Crippen LogP contribution in [0, 0.1) is 11.2 Å². The second kappa shape index (κ2) is 13.1. The molecular weight excluding hydrogens is 597 g/mol. The number of hydrogen-bond acceptors (Lipinski definition) is 6. The fourth-order valence-corrected chi connectivity index (χ4v) is 7.22. The van der Waals surface area contributed by atoms with E-state index in [1.165, 1.54) is 11.0 Å². The summed E-state index contributed by atoms with van der Waals surface area (Å²) in [5.41, 5.74) is 3.95. The summed E-state index contributed by atoms with van der Waals surface area (Å²) in [5.74, 6) is -1.22. The van der Waals surface area contributed by atoms with Crippen molar-refractivity contribution < 1.29 is 23.9 Å². The van der Waals surface area contributed by atoms with Gasteiger partial charge in [0.05, 0.1) is 12.1 Å². The molecule has 3 aliphatic heterocycles. The Labute approximate surface area is 275 Å². The molecule has 47 heavy (non-hydrogen) atoms. The van der Waals surface area contributed by atoms with E-state index in [4.69, 9.17) is 0 Å². The number of anilines is 1. The molecule has 0 spiro atoms. The monoisotopic (exact) mass is 641 g/mol. The Morgan fingerprint density at radius 3 is 2.34 bits per heavy atom. The number of nitrogens with one attached hydrogen (secondary N) is 2. The Hall–Kier alpha value is -4.28. The minimum absolute atomic E-state index is 0.0101. The number of rotatable bonds is 7. The van der Waals surface area contributed by atoms with Crippen LogP contribution in [0.5, 0.6) is 0 Å². The van der Waals surface area contributed by atoms with Crippen LogP contribution in [0.25, 0.3) is 11.1 Å². The quantitative estimate of drug-likeness (QED) is 0.359. The van der Waals surface area contributed by atoms with Crippen molar-refractivity contribution in [3.05, 3.63) is 89.2 Å². The van der Waals surface area contributed by atoms with Gasteiger partial charge in [0.2, 0.25) is 11.8 Å². The van der Waals surface area contributed by atoms with Crippen molar-refractivity contribution in [3.63, 3.8) is 0 Å². The van der Waals surface area contributed by atoms with Gasteiger partial charge in [0.25, 0.3) is 5.91 Å². The summed E-state index contributed by atoms with van der Waals surface area (Å²) in [6.45, 7) is 11.3. The highest BCUT2D eigenvalue weighted by molar-refractivity contribution is 6.03. The van der Waals surface area contributed by atoms with Gasteiger partial charge >= 0.3 is 0 Å². The van der Waals surface area contributed by atoms with Crippen molar-refractivity contribution in [2.45, 2.75) is 64.9 Å². The summed E-state index contributed by atoms with van der Waals surface area (Å²) in [4.78, 5) is 47.5. The van der Waals surface area contributed by atoms with Gasteiger partial charge in [-0.1, -0.05) is 69.3 Å². The van der Waals surface area contributed by atoms with Crippen LogP contribution >= 0.6 is 0 Å². The number of likely N-dealkylation sites (tertiary alicyclic amines) is 1. The van der Waals surface area contributed by atoms with E-state index in [2.05, 4.69) is 15.5 Å². The molecule has 0 aliphatic carbocycles. The van der Waals surface area contributed by atoms with Gasteiger partial charge in [0, 0.05) is 68.1 Å². The maximum absolute atomic E-state index is 14.5. The predicted octanol–water partition coefficient (Wildman–Crippen LogP) is 4.11. The lowest BCUT2D eigenvalue weighted by Gasteiger charge is -2.40. The third kappa shape index (κ3) is 6.49. The molecule has 248 valence electrons. The molecule has 2 fully saturated rings. The number of aliphatic hydroxyl groups is 1.